The van der Waals surface area contributed by atoms with Gasteiger partial charge in [-0.05, 0) is 18.6 Å². The molecule has 1 aromatic rings. The van der Waals surface area contributed by atoms with Gasteiger partial charge in [-0.15, -0.1) is 0 Å². The molecule has 10 heteroatoms. The molecule has 1 atom stereocenters. The van der Waals surface area contributed by atoms with Gasteiger partial charge in [-0.3, -0.25) is 14.9 Å². The first-order valence-electron chi connectivity index (χ1n) is 6.13. The highest BCUT2D eigenvalue weighted by atomic mass is 32.2. The SMILES string of the molecule is Nc1cccc(S(=O)(=O)NCC2CCC(=O)N2)c1[N+](=O)[O-]. The Morgan fingerprint density at radius 2 is 2.19 bits per heavy atom. The summed E-state index contributed by atoms with van der Waals surface area (Å²) in [6.45, 7) is -0.0278. The van der Waals surface area contributed by atoms with Crippen LogP contribution in [0.15, 0.2) is 23.1 Å². The lowest BCUT2D eigenvalue weighted by molar-refractivity contribution is -0.386. The number of hydrogen-bond donors (Lipinski definition) is 3. The molecule has 2 rings (SSSR count). The summed E-state index contributed by atoms with van der Waals surface area (Å²) >= 11 is 0. The van der Waals surface area contributed by atoms with Crippen LogP contribution in [-0.2, 0) is 14.8 Å². The molecule has 1 fully saturated rings. The maximum Gasteiger partial charge on any atom is 0.312 e. The van der Waals surface area contributed by atoms with Crippen molar-refractivity contribution < 1.29 is 18.1 Å². The number of nitrogens with one attached hydrogen (secondary N) is 2. The molecule has 4 N–H and O–H groups in total. The average molecular weight is 314 g/mol. The number of benzene rings is 1. The minimum absolute atomic E-state index is 0.0278. The number of hydrogen-bond acceptors (Lipinski definition) is 6. The van der Waals surface area contributed by atoms with E-state index in [1.54, 1.807) is 0 Å². The summed E-state index contributed by atoms with van der Waals surface area (Å²) in [7, 11) is -4.09. The quantitative estimate of drug-likeness (QED) is 0.388. The Morgan fingerprint density at radius 3 is 2.76 bits per heavy atom. The molecule has 1 aliphatic rings. The lowest BCUT2D eigenvalue weighted by atomic mass is 10.2. The van der Waals surface area contributed by atoms with E-state index in [9.17, 15) is 23.3 Å². The number of amides is 1. The summed E-state index contributed by atoms with van der Waals surface area (Å²) in [5.74, 6) is -0.144. The van der Waals surface area contributed by atoms with Crippen LogP contribution in [0.25, 0.3) is 0 Å². The second-order valence-corrected chi connectivity index (χ2v) is 6.34. The van der Waals surface area contributed by atoms with E-state index in [0.717, 1.165) is 6.07 Å². The number of rotatable bonds is 5. The molecule has 0 aromatic heterocycles. The van der Waals surface area contributed by atoms with Crippen LogP contribution in [0.1, 0.15) is 12.8 Å². The number of carbonyl (C=O) groups excluding carboxylic acids is 1. The highest BCUT2D eigenvalue weighted by molar-refractivity contribution is 7.89. The predicted molar refractivity (Wildman–Crippen MR) is 73.9 cm³/mol. The molecule has 9 nitrogen and oxygen atoms in total. The number of carbonyl (C=O) groups is 1. The van der Waals surface area contributed by atoms with E-state index in [-0.39, 0.29) is 24.2 Å². The molecule has 114 valence electrons. The van der Waals surface area contributed by atoms with E-state index in [1.165, 1.54) is 12.1 Å². The van der Waals surface area contributed by atoms with Crippen LogP contribution in [0.4, 0.5) is 11.4 Å². The zero-order valence-electron chi connectivity index (χ0n) is 10.9. The van der Waals surface area contributed by atoms with Gasteiger partial charge in [-0.2, -0.15) is 0 Å². The monoisotopic (exact) mass is 314 g/mol. The molecule has 0 radical (unpaired) electrons. The van der Waals surface area contributed by atoms with Crippen LogP contribution in [0.3, 0.4) is 0 Å². The number of nitro benzene ring substituents is 1. The Bertz CT molecular complexity index is 688. The first kappa shape index (κ1) is 15.2. The van der Waals surface area contributed by atoms with Crippen LogP contribution in [0, 0.1) is 10.1 Å². The molecule has 0 spiro atoms. The molecule has 1 heterocycles. The smallest absolute Gasteiger partial charge is 0.312 e. The van der Waals surface area contributed by atoms with E-state index in [0.29, 0.717) is 12.8 Å². The highest BCUT2D eigenvalue weighted by Gasteiger charge is 2.29. The molecule has 1 amide bonds. The molecule has 0 aliphatic carbocycles. The molecule has 1 unspecified atom stereocenters. The number of nitrogens with two attached hydrogens (primary N) is 1. The van der Waals surface area contributed by atoms with Crippen LogP contribution in [0.2, 0.25) is 0 Å². The van der Waals surface area contributed by atoms with Crippen molar-refractivity contribution in [3.8, 4) is 0 Å². The Labute approximate surface area is 120 Å². The van der Waals surface area contributed by atoms with Crippen molar-refractivity contribution in [3.63, 3.8) is 0 Å². The lowest BCUT2D eigenvalue weighted by Gasteiger charge is -2.12. The number of anilines is 1. The van der Waals surface area contributed by atoms with E-state index in [2.05, 4.69) is 10.0 Å². The Hall–Kier alpha value is -2.20. The molecule has 21 heavy (non-hydrogen) atoms. The predicted octanol–water partition coefficient (Wildman–Crippen LogP) is -0.266. The van der Waals surface area contributed by atoms with Gasteiger partial charge in [0, 0.05) is 19.0 Å². The van der Waals surface area contributed by atoms with Gasteiger partial charge >= 0.3 is 5.69 Å². The molecule has 0 saturated carbocycles. The number of nitrogen functional groups attached to an aromatic ring is 1. The third-order valence-corrected chi connectivity index (χ3v) is 4.56. The molecule has 0 bridgehead atoms. The highest BCUT2D eigenvalue weighted by Crippen LogP contribution is 2.29. The van der Waals surface area contributed by atoms with E-state index < -0.39 is 25.5 Å². The van der Waals surface area contributed by atoms with Gasteiger partial charge in [0.1, 0.15) is 5.69 Å². The van der Waals surface area contributed by atoms with Crippen LogP contribution in [-0.4, -0.2) is 31.8 Å². The lowest BCUT2D eigenvalue weighted by Crippen LogP contribution is -2.38. The van der Waals surface area contributed by atoms with Crippen molar-refractivity contribution in [3.05, 3.63) is 28.3 Å². The van der Waals surface area contributed by atoms with Crippen molar-refractivity contribution in [1.82, 2.24) is 10.0 Å². The third kappa shape index (κ3) is 3.28. The second-order valence-electron chi connectivity index (χ2n) is 4.61. The van der Waals surface area contributed by atoms with Crippen molar-refractivity contribution in [2.24, 2.45) is 0 Å². The topological polar surface area (TPSA) is 144 Å². The molecule has 1 saturated heterocycles. The van der Waals surface area contributed by atoms with Gasteiger partial charge in [-0.25, -0.2) is 13.1 Å². The summed E-state index contributed by atoms with van der Waals surface area (Å²) in [5.41, 5.74) is 4.59. The van der Waals surface area contributed by atoms with Crippen LogP contribution in [0.5, 0.6) is 0 Å². The van der Waals surface area contributed by atoms with E-state index in [1.807, 2.05) is 0 Å². The zero-order valence-corrected chi connectivity index (χ0v) is 11.7. The number of nitrogens with zero attached hydrogens (tertiary/aromatic N) is 1. The summed E-state index contributed by atoms with van der Waals surface area (Å²) in [4.78, 5) is 20.7. The minimum Gasteiger partial charge on any atom is -0.393 e. The van der Waals surface area contributed by atoms with Gasteiger partial charge in [0.25, 0.3) is 0 Å². The van der Waals surface area contributed by atoms with Crippen molar-refractivity contribution in [1.29, 1.82) is 0 Å². The Morgan fingerprint density at radius 1 is 1.48 bits per heavy atom. The summed E-state index contributed by atoms with van der Waals surface area (Å²) in [6, 6.07) is 3.39. The number of sulfonamides is 1. The van der Waals surface area contributed by atoms with Crippen molar-refractivity contribution in [2.75, 3.05) is 12.3 Å². The van der Waals surface area contributed by atoms with Gasteiger partial charge in [-0.1, -0.05) is 6.07 Å². The summed E-state index contributed by atoms with van der Waals surface area (Å²) in [6.07, 6.45) is 0.852. The normalized spacial score (nSPS) is 18.5. The van der Waals surface area contributed by atoms with E-state index >= 15 is 0 Å². The van der Waals surface area contributed by atoms with Gasteiger partial charge in [0.2, 0.25) is 15.9 Å². The van der Waals surface area contributed by atoms with Crippen LogP contribution >= 0.6 is 0 Å². The fraction of sp³-hybridized carbons (Fsp3) is 0.364. The number of para-hydroxylation sites is 1. The second kappa shape index (κ2) is 5.66. The summed E-state index contributed by atoms with van der Waals surface area (Å²) < 4.78 is 26.6. The van der Waals surface area contributed by atoms with Crippen molar-refractivity contribution in [2.45, 2.75) is 23.8 Å². The van der Waals surface area contributed by atoms with Gasteiger partial charge < -0.3 is 11.1 Å². The fourth-order valence-electron chi connectivity index (χ4n) is 2.07. The first-order valence-corrected chi connectivity index (χ1v) is 7.61. The molecular formula is C11H14N4O5S. The standard InChI is InChI=1S/C11H14N4O5S/c12-8-2-1-3-9(11(8)15(17)18)21(19,20)13-6-7-4-5-10(16)14-7/h1-3,7,13H,4-6,12H2,(H,14,16). The maximum absolute atomic E-state index is 12.2. The Kier molecular flexibility index (Phi) is 4.09. The largest absolute Gasteiger partial charge is 0.393 e. The number of nitro groups is 1. The van der Waals surface area contributed by atoms with Gasteiger partial charge in [0.15, 0.2) is 4.90 Å². The Balaban J connectivity index is 2.22. The molecular weight excluding hydrogens is 300 g/mol. The zero-order chi connectivity index (χ0) is 15.6. The van der Waals surface area contributed by atoms with Gasteiger partial charge in [0.05, 0.1) is 4.92 Å². The van der Waals surface area contributed by atoms with E-state index in [4.69, 9.17) is 5.73 Å². The minimum atomic E-state index is -4.09. The first-order chi connectivity index (χ1) is 9.81. The molecule has 1 aliphatic heterocycles. The maximum atomic E-state index is 12.2. The molecule has 1 aromatic carbocycles. The average Bonchev–Trinajstić information content (AvgIpc) is 2.82. The summed E-state index contributed by atoms with van der Waals surface area (Å²) in [5, 5.41) is 13.6. The third-order valence-electron chi connectivity index (χ3n) is 3.11. The fourth-order valence-corrected chi connectivity index (χ4v) is 3.35. The van der Waals surface area contributed by atoms with Crippen molar-refractivity contribution >= 4 is 27.3 Å². The van der Waals surface area contributed by atoms with Crippen LogP contribution < -0.4 is 15.8 Å².